The molecule has 1 atom stereocenters. The van der Waals surface area contributed by atoms with Crippen molar-refractivity contribution in [2.45, 2.75) is 69.5 Å². The molecular formula is C38H43N3O5S. The molecule has 0 spiro atoms. The first-order valence-electron chi connectivity index (χ1n) is 16.1. The third-order valence-corrected chi connectivity index (χ3v) is 10.5. The summed E-state index contributed by atoms with van der Waals surface area (Å²) in [7, 11) is -2.69. The van der Waals surface area contributed by atoms with Crippen LogP contribution in [0.4, 0.5) is 5.69 Å². The first-order valence-corrected chi connectivity index (χ1v) is 17.5. The molecule has 9 heteroatoms. The van der Waals surface area contributed by atoms with E-state index in [1.165, 1.54) is 7.11 Å². The number of carbonyl (C=O) groups is 2. The van der Waals surface area contributed by atoms with Crippen LogP contribution < -0.4 is 14.4 Å². The van der Waals surface area contributed by atoms with Crippen LogP contribution in [0.5, 0.6) is 5.75 Å². The second-order valence-electron chi connectivity index (χ2n) is 12.2. The first-order chi connectivity index (χ1) is 22.6. The molecule has 1 saturated carbocycles. The summed E-state index contributed by atoms with van der Waals surface area (Å²) in [6.07, 6.45) is 4.17. The Morgan fingerprint density at radius 3 is 2.11 bits per heavy atom. The van der Waals surface area contributed by atoms with Crippen LogP contribution in [0.1, 0.15) is 47.9 Å². The van der Waals surface area contributed by atoms with Crippen LogP contribution >= 0.6 is 0 Å². The highest BCUT2D eigenvalue weighted by molar-refractivity contribution is 7.92. The van der Waals surface area contributed by atoms with E-state index < -0.39 is 28.5 Å². The van der Waals surface area contributed by atoms with Gasteiger partial charge < -0.3 is 15.0 Å². The molecule has 0 bridgehead atoms. The average molecular weight is 654 g/mol. The number of aryl methyl sites for hydroxylation is 2. The van der Waals surface area contributed by atoms with Crippen molar-refractivity contribution in [3.8, 4) is 5.75 Å². The van der Waals surface area contributed by atoms with Crippen molar-refractivity contribution >= 4 is 27.5 Å². The lowest BCUT2D eigenvalue weighted by Crippen LogP contribution is -2.54. The number of nitrogens with one attached hydrogen (secondary N) is 1. The number of hydrogen-bond donors (Lipinski definition) is 1. The number of amides is 2. The molecule has 1 aliphatic carbocycles. The highest BCUT2D eigenvalue weighted by Crippen LogP contribution is 2.28. The summed E-state index contributed by atoms with van der Waals surface area (Å²) < 4.78 is 35.0. The predicted octanol–water partition coefficient (Wildman–Crippen LogP) is 6.21. The minimum absolute atomic E-state index is 0.0484. The molecule has 5 rings (SSSR count). The van der Waals surface area contributed by atoms with E-state index in [9.17, 15) is 18.0 Å². The molecule has 1 aliphatic rings. The van der Waals surface area contributed by atoms with Crippen LogP contribution in [-0.2, 0) is 32.6 Å². The molecule has 0 unspecified atom stereocenters. The minimum Gasteiger partial charge on any atom is -0.497 e. The molecule has 1 fully saturated rings. The van der Waals surface area contributed by atoms with E-state index >= 15 is 0 Å². The summed E-state index contributed by atoms with van der Waals surface area (Å²) in [6, 6.07) is 29.8. The lowest BCUT2D eigenvalue weighted by atomic mass is 10.0. The molecular weight excluding hydrogens is 611 g/mol. The summed E-state index contributed by atoms with van der Waals surface area (Å²) >= 11 is 0. The zero-order valence-corrected chi connectivity index (χ0v) is 28.1. The van der Waals surface area contributed by atoms with Crippen LogP contribution in [0.3, 0.4) is 0 Å². The maximum atomic E-state index is 14.7. The monoisotopic (exact) mass is 653 g/mol. The van der Waals surface area contributed by atoms with Gasteiger partial charge in [-0.25, -0.2) is 8.42 Å². The summed E-state index contributed by atoms with van der Waals surface area (Å²) in [5.74, 6) is -0.282. The van der Waals surface area contributed by atoms with E-state index in [1.54, 1.807) is 53.4 Å². The van der Waals surface area contributed by atoms with E-state index in [2.05, 4.69) is 5.32 Å². The van der Waals surface area contributed by atoms with Gasteiger partial charge in [-0.3, -0.25) is 13.9 Å². The van der Waals surface area contributed by atoms with Crippen molar-refractivity contribution in [2.75, 3.05) is 18.0 Å². The Kier molecular flexibility index (Phi) is 11.0. The number of benzene rings is 4. The fourth-order valence-electron chi connectivity index (χ4n) is 5.94. The molecule has 1 N–H and O–H groups in total. The van der Waals surface area contributed by atoms with Gasteiger partial charge in [-0.15, -0.1) is 0 Å². The number of methoxy groups -OCH3 is 1. The molecule has 0 radical (unpaired) electrons. The Morgan fingerprint density at radius 1 is 0.830 bits per heavy atom. The zero-order chi connectivity index (χ0) is 33.4. The van der Waals surface area contributed by atoms with Gasteiger partial charge in [-0.1, -0.05) is 96.8 Å². The van der Waals surface area contributed by atoms with Crippen molar-refractivity contribution in [3.63, 3.8) is 0 Å². The van der Waals surface area contributed by atoms with Gasteiger partial charge in [0, 0.05) is 25.1 Å². The zero-order valence-electron chi connectivity index (χ0n) is 27.3. The molecule has 47 heavy (non-hydrogen) atoms. The van der Waals surface area contributed by atoms with Crippen LogP contribution in [0.15, 0.2) is 108 Å². The predicted molar refractivity (Wildman–Crippen MR) is 185 cm³/mol. The van der Waals surface area contributed by atoms with E-state index in [1.807, 2.05) is 68.4 Å². The van der Waals surface area contributed by atoms with Crippen molar-refractivity contribution in [3.05, 3.63) is 125 Å². The first kappa shape index (κ1) is 33.7. The topological polar surface area (TPSA) is 96.0 Å². The SMILES string of the molecule is COc1cccc(N(CC(=O)N(Cc2ccc(C)cc2)[C@H](Cc2ccccc2)C(=O)NC2CCCC2)S(=O)(=O)c2ccc(C)cc2)c1. The molecule has 0 saturated heterocycles. The van der Waals surface area contributed by atoms with Gasteiger partial charge in [-0.2, -0.15) is 0 Å². The molecule has 8 nitrogen and oxygen atoms in total. The van der Waals surface area contributed by atoms with Crippen LogP contribution in [0.25, 0.3) is 0 Å². The average Bonchev–Trinajstić information content (AvgIpc) is 3.59. The maximum absolute atomic E-state index is 14.7. The normalized spacial score (nSPS) is 13.9. The van der Waals surface area contributed by atoms with Gasteiger partial charge in [0.15, 0.2) is 0 Å². The lowest BCUT2D eigenvalue weighted by Gasteiger charge is -2.34. The number of anilines is 1. The van der Waals surface area contributed by atoms with Gasteiger partial charge in [-0.05, 0) is 62.1 Å². The fourth-order valence-corrected chi connectivity index (χ4v) is 7.35. The van der Waals surface area contributed by atoms with E-state index in [0.29, 0.717) is 5.75 Å². The number of carbonyl (C=O) groups excluding carboxylic acids is 2. The molecule has 246 valence electrons. The Bertz CT molecular complexity index is 1750. The van der Waals surface area contributed by atoms with Gasteiger partial charge >= 0.3 is 0 Å². The van der Waals surface area contributed by atoms with Crippen molar-refractivity contribution < 1.29 is 22.7 Å². The summed E-state index contributed by atoms with van der Waals surface area (Å²) in [5, 5.41) is 3.21. The Hall–Kier alpha value is -4.63. The summed E-state index contributed by atoms with van der Waals surface area (Å²) in [6.45, 7) is 3.48. The molecule has 2 amide bonds. The number of hydrogen-bond acceptors (Lipinski definition) is 5. The quantitative estimate of drug-likeness (QED) is 0.185. The number of rotatable bonds is 13. The van der Waals surface area contributed by atoms with Crippen molar-refractivity contribution in [1.82, 2.24) is 10.2 Å². The number of nitrogens with zero attached hydrogens (tertiary/aromatic N) is 2. The minimum atomic E-state index is -4.20. The van der Waals surface area contributed by atoms with Gasteiger partial charge in [0.1, 0.15) is 18.3 Å². The van der Waals surface area contributed by atoms with E-state index in [0.717, 1.165) is 52.2 Å². The Labute approximate surface area is 278 Å². The van der Waals surface area contributed by atoms with E-state index in [-0.39, 0.29) is 35.5 Å². The maximum Gasteiger partial charge on any atom is 0.264 e. The second kappa shape index (κ2) is 15.3. The van der Waals surface area contributed by atoms with Crippen molar-refractivity contribution in [1.29, 1.82) is 0 Å². The number of ether oxygens (including phenoxy) is 1. The van der Waals surface area contributed by atoms with Gasteiger partial charge in [0.25, 0.3) is 10.0 Å². The number of sulfonamides is 1. The standard InChI is InChI=1S/C38H43N3O5S/c1-28-16-20-31(21-17-28)26-40(36(24-30-10-5-4-6-11-30)38(43)39-32-12-7-8-13-32)37(42)27-41(33-14-9-15-34(25-33)46-3)47(44,45)35-22-18-29(2)19-23-35/h4-6,9-11,14-23,25,32,36H,7-8,12-13,24,26-27H2,1-3H3,(H,39,43)/t36-/m1/s1. The van der Waals surface area contributed by atoms with Crippen molar-refractivity contribution in [2.24, 2.45) is 0 Å². The highest BCUT2D eigenvalue weighted by Gasteiger charge is 2.35. The second-order valence-corrected chi connectivity index (χ2v) is 14.1. The van der Waals surface area contributed by atoms with Crippen LogP contribution in [0.2, 0.25) is 0 Å². The Balaban J connectivity index is 1.57. The molecule has 0 heterocycles. The lowest BCUT2D eigenvalue weighted by molar-refractivity contribution is -0.140. The van der Waals surface area contributed by atoms with E-state index in [4.69, 9.17) is 4.74 Å². The smallest absolute Gasteiger partial charge is 0.264 e. The van der Waals surface area contributed by atoms with Crippen LogP contribution in [0, 0.1) is 13.8 Å². The highest BCUT2D eigenvalue weighted by atomic mass is 32.2. The fraction of sp³-hybridized carbons (Fsp3) is 0.316. The van der Waals surface area contributed by atoms with Crippen LogP contribution in [-0.4, -0.2) is 50.9 Å². The molecule has 4 aromatic carbocycles. The summed E-state index contributed by atoms with van der Waals surface area (Å²) in [5.41, 5.74) is 4.00. The molecule has 0 aromatic heterocycles. The van der Waals surface area contributed by atoms with Gasteiger partial charge in [0.05, 0.1) is 17.7 Å². The third kappa shape index (κ3) is 8.60. The van der Waals surface area contributed by atoms with Gasteiger partial charge in [0.2, 0.25) is 11.8 Å². The molecule has 4 aromatic rings. The largest absolute Gasteiger partial charge is 0.497 e. The third-order valence-electron chi connectivity index (χ3n) is 8.68. The molecule has 0 aliphatic heterocycles. The Morgan fingerprint density at radius 2 is 1.47 bits per heavy atom. The summed E-state index contributed by atoms with van der Waals surface area (Å²) in [4.78, 5) is 30.4.